The Kier molecular flexibility index (Phi) is 5.78. The average molecular weight is 368 g/mol. The van der Waals surface area contributed by atoms with E-state index in [1.165, 1.54) is 11.6 Å². The van der Waals surface area contributed by atoms with Gasteiger partial charge in [-0.05, 0) is 41.5 Å². The largest absolute Gasteiger partial charge is 0.325 e. The van der Waals surface area contributed by atoms with E-state index in [4.69, 9.17) is 9.78 Å². The van der Waals surface area contributed by atoms with Gasteiger partial charge in [0.2, 0.25) is 5.91 Å². The molecule has 0 saturated carbocycles. The molecule has 120 valence electrons. The number of carbonyl (C=O) groups excluding carboxylic acids is 1. The summed E-state index contributed by atoms with van der Waals surface area (Å²) in [4.78, 5) is 21.7. The molecule has 22 heavy (non-hydrogen) atoms. The topological polar surface area (TPSA) is 47.6 Å². The van der Waals surface area contributed by atoms with Gasteiger partial charge in [0.1, 0.15) is 0 Å². The molecule has 2 rings (SSSR count). The van der Waals surface area contributed by atoms with E-state index in [0.29, 0.717) is 6.61 Å². The van der Waals surface area contributed by atoms with Crippen molar-refractivity contribution in [3.05, 3.63) is 39.9 Å². The molecule has 1 aromatic rings. The van der Waals surface area contributed by atoms with Gasteiger partial charge in [0.15, 0.2) is 6.23 Å². The Labute approximate surface area is 139 Å². The van der Waals surface area contributed by atoms with Gasteiger partial charge in [0, 0.05) is 10.5 Å². The smallest absolute Gasteiger partial charge is 0.246 e. The summed E-state index contributed by atoms with van der Waals surface area (Å²) in [6.07, 6.45) is 4.58. The van der Waals surface area contributed by atoms with Gasteiger partial charge in [0.05, 0.1) is 6.61 Å². The number of nitrogens with one attached hydrogen (secondary N) is 1. The molecular weight excluding hydrogens is 346 g/mol. The van der Waals surface area contributed by atoms with Crippen molar-refractivity contribution in [1.29, 1.82) is 0 Å². The first-order valence-electron chi connectivity index (χ1n) is 7.43. The van der Waals surface area contributed by atoms with E-state index < -0.39 is 0 Å². The maximum atomic E-state index is 11.9. The minimum atomic E-state index is -0.363. The summed E-state index contributed by atoms with van der Waals surface area (Å²) in [6.45, 7) is 7.09. The van der Waals surface area contributed by atoms with Gasteiger partial charge in [-0.15, -0.1) is 0 Å². The van der Waals surface area contributed by atoms with E-state index in [0.717, 1.165) is 22.9 Å². The van der Waals surface area contributed by atoms with Crippen LogP contribution in [0.1, 0.15) is 44.7 Å². The zero-order valence-electron chi connectivity index (χ0n) is 13.2. The summed E-state index contributed by atoms with van der Waals surface area (Å²) < 4.78 is 0.973. The summed E-state index contributed by atoms with van der Waals surface area (Å²) in [5.74, 6) is -0.192. The van der Waals surface area contributed by atoms with Crippen LogP contribution in [0, 0.1) is 0 Å². The van der Waals surface area contributed by atoms with Gasteiger partial charge in [0.25, 0.3) is 0 Å². The summed E-state index contributed by atoms with van der Waals surface area (Å²) >= 11 is 3.56. The quantitative estimate of drug-likeness (QED) is 0.649. The van der Waals surface area contributed by atoms with Gasteiger partial charge in [-0.1, -0.05) is 48.8 Å². The lowest BCUT2D eigenvalue weighted by Gasteiger charge is -2.21. The molecular formula is C17H22BrNO3. The Morgan fingerprint density at radius 2 is 2.18 bits per heavy atom. The first-order chi connectivity index (χ1) is 10.4. The van der Waals surface area contributed by atoms with Crippen LogP contribution in [0.4, 0.5) is 0 Å². The van der Waals surface area contributed by atoms with Crippen LogP contribution < -0.4 is 5.32 Å². The molecule has 0 aliphatic carbocycles. The second-order valence-corrected chi connectivity index (χ2v) is 7.23. The number of benzene rings is 1. The molecule has 1 atom stereocenters. The fourth-order valence-corrected chi connectivity index (χ4v) is 2.61. The van der Waals surface area contributed by atoms with E-state index >= 15 is 0 Å². The molecule has 1 heterocycles. The molecule has 1 saturated heterocycles. The number of amides is 1. The minimum Gasteiger partial charge on any atom is -0.325 e. The number of rotatable bonds is 3. The van der Waals surface area contributed by atoms with E-state index in [9.17, 15) is 4.79 Å². The van der Waals surface area contributed by atoms with Crippen LogP contribution in [-0.4, -0.2) is 18.7 Å². The van der Waals surface area contributed by atoms with Crippen LogP contribution in [0.25, 0.3) is 6.08 Å². The highest BCUT2D eigenvalue weighted by atomic mass is 79.9. The Hall–Kier alpha value is -1.17. The third-order valence-corrected chi connectivity index (χ3v) is 4.15. The Balaban J connectivity index is 1.98. The molecule has 1 aliphatic heterocycles. The third-order valence-electron chi connectivity index (χ3n) is 3.46. The van der Waals surface area contributed by atoms with Crippen molar-refractivity contribution >= 4 is 27.9 Å². The predicted molar refractivity (Wildman–Crippen MR) is 90.1 cm³/mol. The molecule has 1 amide bonds. The maximum Gasteiger partial charge on any atom is 0.246 e. The number of carbonyl (C=O) groups is 1. The maximum absolute atomic E-state index is 11.9. The average Bonchev–Trinajstić information content (AvgIpc) is 2.46. The van der Waals surface area contributed by atoms with Gasteiger partial charge in [-0.3, -0.25) is 4.79 Å². The molecule has 1 N–H and O–H groups in total. The lowest BCUT2D eigenvalue weighted by Crippen LogP contribution is -2.38. The van der Waals surface area contributed by atoms with Crippen molar-refractivity contribution in [2.24, 2.45) is 0 Å². The Bertz CT molecular complexity index is 558. The molecule has 0 radical (unpaired) electrons. The monoisotopic (exact) mass is 367 g/mol. The molecule has 1 fully saturated rings. The van der Waals surface area contributed by atoms with Crippen LogP contribution in [0.2, 0.25) is 0 Å². The Morgan fingerprint density at radius 3 is 2.77 bits per heavy atom. The highest BCUT2D eigenvalue weighted by Crippen LogP contribution is 2.28. The van der Waals surface area contributed by atoms with Crippen LogP contribution in [0.3, 0.4) is 0 Å². The third kappa shape index (κ3) is 4.93. The molecule has 0 aromatic heterocycles. The van der Waals surface area contributed by atoms with E-state index in [-0.39, 0.29) is 17.6 Å². The zero-order chi connectivity index (χ0) is 16.2. The van der Waals surface area contributed by atoms with Crippen molar-refractivity contribution < 1.29 is 14.6 Å². The van der Waals surface area contributed by atoms with Gasteiger partial charge in [-0.25, -0.2) is 9.78 Å². The fourth-order valence-electron chi connectivity index (χ4n) is 2.10. The molecule has 0 bridgehead atoms. The standard InChI is InChI=1S/C17H22BrNO3/c1-17(2,3)13-8-6-12(14(18)11-13)7-9-15(20)19-16-5-4-10-21-22-16/h6-9,11,16H,4-5,10H2,1-3H3,(H,19,20). The number of halogens is 1. The minimum absolute atomic E-state index is 0.0977. The van der Waals surface area contributed by atoms with Crippen molar-refractivity contribution in [2.45, 2.75) is 45.3 Å². The van der Waals surface area contributed by atoms with Gasteiger partial charge >= 0.3 is 0 Å². The van der Waals surface area contributed by atoms with E-state index in [1.807, 2.05) is 6.07 Å². The summed E-state index contributed by atoms with van der Waals surface area (Å²) in [6, 6.07) is 6.19. The first kappa shape index (κ1) is 17.2. The second kappa shape index (κ2) is 7.40. The zero-order valence-corrected chi connectivity index (χ0v) is 14.8. The van der Waals surface area contributed by atoms with Gasteiger partial charge < -0.3 is 5.32 Å². The van der Waals surface area contributed by atoms with E-state index in [2.05, 4.69) is 54.2 Å². The molecule has 1 unspecified atom stereocenters. The molecule has 0 spiro atoms. The van der Waals surface area contributed by atoms with Crippen molar-refractivity contribution in [2.75, 3.05) is 6.61 Å². The predicted octanol–water partition coefficient (Wildman–Crippen LogP) is 3.94. The van der Waals surface area contributed by atoms with Crippen LogP contribution in [0.15, 0.2) is 28.7 Å². The fraction of sp³-hybridized carbons (Fsp3) is 0.471. The lowest BCUT2D eigenvalue weighted by atomic mass is 9.87. The van der Waals surface area contributed by atoms with Crippen molar-refractivity contribution in [3.63, 3.8) is 0 Å². The highest BCUT2D eigenvalue weighted by Gasteiger charge is 2.16. The molecule has 1 aliphatic rings. The van der Waals surface area contributed by atoms with Crippen LogP contribution in [-0.2, 0) is 20.0 Å². The summed E-state index contributed by atoms with van der Waals surface area (Å²) in [5.41, 5.74) is 2.30. The molecule has 5 heteroatoms. The van der Waals surface area contributed by atoms with Gasteiger partial charge in [-0.2, -0.15) is 0 Å². The normalized spacial score (nSPS) is 19.4. The lowest BCUT2D eigenvalue weighted by molar-refractivity contribution is -0.348. The Morgan fingerprint density at radius 1 is 1.41 bits per heavy atom. The second-order valence-electron chi connectivity index (χ2n) is 6.38. The van der Waals surface area contributed by atoms with Crippen LogP contribution in [0.5, 0.6) is 0 Å². The number of hydrogen-bond acceptors (Lipinski definition) is 3. The SMILES string of the molecule is CC(C)(C)c1ccc(C=CC(=O)NC2CCCOO2)c(Br)c1. The summed E-state index contributed by atoms with van der Waals surface area (Å²) in [5, 5.41) is 2.76. The summed E-state index contributed by atoms with van der Waals surface area (Å²) in [7, 11) is 0. The van der Waals surface area contributed by atoms with Crippen molar-refractivity contribution in [1.82, 2.24) is 5.32 Å². The van der Waals surface area contributed by atoms with E-state index in [1.54, 1.807) is 6.08 Å². The molecule has 1 aromatic carbocycles. The van der Waals surface area contributed by atoms with Crippen molar-refractivity contribution in [3.8, 4) is 0 Å². The molecule has 4 nitrogen and oxygen atoms in total. The highest BCUT2D eigenvalue weighted by molar-refractivity contribution is 9.10. The first-order valence-corrected chi connectivity index (χ1v) is 8.22. The van der Waals surface area contributed by atoms with Crippen LogP contribution >= 0.6 is 15.9 Å². The number of hydrogen-bond donors (Lipinski definition) is 1.